The summed E-state index contributed by atoms with van der Waals surface area (Å²) in [5.74, 6) is -1.29. The number of amides is 1. The standard InChI is InChI=1S/C5H5NO3S2/c7-3(8)1-2-4(9)6-5(10)11-2/h2H,1H2,(H,7,8)(H,6,9,10). The summed E-state index contributed by atoms with van der Waals surface area (Å²) in [7, 11) is 0. The summed E-state index contributed by atoms with van der Waals surface area (Å²) >= 11 is 5.76. The molecule has 2 N–H and O–H groups in total. The van der Waals surface area contributed by atoms with Crippen LogP contribution in [0, 0.1) is 0 Å². The zero-order valence-corrected chi connectivity index (χ0v) is 7.00. The Hall–Kier alpha value is -0.620. The highest BCUT2D eigenvalue weighted by atomic mass is 32.2. The average Bonchev–Trinajstić information content (AvgIpc) is 2.09. The van der Waals surface area contributed by atoms with Crippen LogP contribution in [0.25, 0.3) is 0 Å². The van der Waals surface area contributed by atoms with Crippen LogP contribution in [0.3, 0.4) is 0 Å². The van der Waals surface area contributed by atoms with Gasteiger partial charge in [-0.2, -0.15) is 0 Å². The van der Waals surface area contributed by atoms with Crippen molar-refractivity contribution in [1.82, 2.24) is 5.32 Å². The van der Waals surface area contributed by atoms with Gasteiger partial charge in [-0.05, 0) is 0 Å². The first-order chi connectivity index (χ1) is 5.09. The second-order valence-electron chi connectivity index (χ2n) is 1.98. The van der Waals surface area contributed by atoms with Crippen molar-refractivity contribution in [3.05, 3.63) is 0 Å². The number of hydrogen-bond donors (Lipinski definition) is 2. The Morgan fingerprint density at radius 1 is 1.82 bits per heavy atom. The molecule has 0 aromatic rings. The topological polar surface area (TPSA) is 66.4 Å². The molecule has 0 spiro atoms. The zero-order chi connectivity index (χ0) is 8.43. The zero-order valence-electron chi connectivity index (χ0n) is 5.36. The lowest BCUT2D eigenvalue weighted by molar-refractivity contribution is -0.138. The van der Waals surface area contributed by atoms with Crippen molar-refractivity contribution in [2.45, 2.75) is 11.7 Å². The summed E-state index contributed by atoms with van der Waals surface area (Å²) in [5, 5.41) is 10.2. The van der Waals surface area contributed by atoms with Gasteiger partial charge in [-0.1, -0.05) is 24.0 Å². The Morgan fingerprint density at radius 3 is 2.82 bits per heavy atom. The molecule has 1 aliphatic rings. The van der Waals surface area contributed by atoms with E-state index in [1.54, 1.807) is 0 Å². The van der Waals surface area contributed by atoms with E-state index in [0.717, 1.165) is 11.8 Å². The van der Waals surface area contributed by atoms with E-state index in [1.807, 2.05) is 0 Å². The smallest absolute Gasteiger partial charge is 0.305 e. The first-order valence-corrected chi connectivity index (χ1v) is 4.11. The number of carboxylic acids is 1. The molecular weight excluding hydrogens is 186 g/mol. The molecule has 1 rings (SSSR count). The monoisotopic (exact) mass is 191 g/mol. The minimum absolute atomic E-state index is 0.170. The van der Waals surface area contributed by atoms with Gasteiger partial charge in [-0.15, -0.1) is 0 Å². The minimum atomic E-state index is -0.984. The van der Waals surface area contributed by atoms with Crippen molar-refractivity contribution in [1.29, 1.82) is 0 Å². The van der Waals surface area contributed by atoms with E-state index >= 15 is 0 Å². The van der Waals surface area contributed by atoms with Crippen LogP contribution in [0.4, 0.5) is 0 Å². The maximum absolute atomic E-state index is 10.8. The van der Waals surface area contributed by atoms with E-state index in [1.165, 1.54) is 0 Å². The Balaban J connectivity index is 2.53. The van der Waals surface area contributed by atoms with E-state index in [4.69, 9.17) is 5.11 Å². The molecule has 11 heavy (non-hydrogen) atoms. The lowest BCUT2D eigenvalue weighted by Crippen LogP contribution is -2.25. The molecule has 0 saturated carbocycles. The molecule has 0 aliphatic carbocycles. The SMILES string of the molecule is O=C(O)CC1SC(=S)NC1=O. The molecule has 0 bridgehead atoms. The molecule has 4 nitrogen and oxygen atoms in total. The van der Waals surface area contributed by atoms with Gasteiger partial charge in [0.15, 0.2) is 0 Å². The van der Waals surface area contributed by atoms with Crippen molar-refractivity contribution in [2.24, 2.45) is 0 Å². The molecular formula is C5H5NO3S2. The number of thiocarbonyl (C=S) groups is 1. The molecule has 1 unspecified atom stereocenters. The van der Waals surface area contributed by atoms with Crippen LogP contribution < -0.4 is 5.32 Å². The fourth-order valence-electron chi connectivity index (χ4n) is 0.686. The molecule has 6 heteroatoms. The number of carboxylic acid groups (broad SMARTS) is 1. The summed E-state index contributed by atoms with van der Waals surface area (Å²) in [6.45, 7) is 0. The first kappa shape index (κ1) is 8.48. The van der Waals surface area contributed by atoms with E-state index in [2.05, 4.69) is 17.5 Å². The minimum Gasteiger partial charge on any atom is -0.481 e. The predicted molar refractivity (Wildman–Crippen MR) is 44.4 cm³/mol. The molecule has 0 radical (unpaired) electrons. The lowest BCUT2D eigenvalue weighted by Gasteiger charge is -1.97. The molecule has 0 aromatic heterocycles. The van der Waals surface area contributed by atoms with E-state index < -0.39 is 11.2 Å². The highest BCUT2D eigenvalue weighted by Crippen LogP contribution is 2.21. The van der Waals surface area contributed by atoms with E-state index in [0.29, 0.717) is 4.32 Å². The summed E-state index contributed by atoms with van der Waals surface area (Å²) in [6.07, 6.45) is -0.170. The van der Waals surface area contributed by atoms with Crippen LogP contribution in [0.5, 0.6) is 0 Å². The lowest BCUT2D eigenvalue weighted by atomic mass is 10.3. The number of aliphatic carboxylic acids is 1. The van der Waals surface area contributed by atoms with Crippen molar-refractivity contribution >= 4 is 40.2 Å². The maximum atomic E-state index is 10.8. The molecule has 1 amide bonds. The van der Waals surface area contributed by atoms with Crippen LogP contribution in [-0.2, 0) is 9.59 Å². The fourth-order valence-corrected chi connectivity index (χ4v) is 1.95. The molecule has 1 saturated heterocycles. The van der Waals surface area contributed by atoms with Crippen LogP contribution in [-0.4, -0.2) is 26.6 Å². The van der Waals surface area contributed by atoms with Gasteiger partial charge < -0.3 is 10.4 Å². The van der Waals surface area contributed by atoms with Gasteiger partial charge in [0.1, 0.15) is 9.57 Å². The predicted octanol–water partition coefficient (Wildman–Crippen LogP) is -0.0224. The van der Waals surface area contributed by atoms with Gasteiger partial charge in [-0.25, -0.2) is 0 Å². The quantitative estimate of drug-likeness (QED) is 0.600. The molecule has 1 heterocycles. The van der Waals surface area contributed by atoms with Crippen LogP contribution in [0.2, 0.25) is 0 Å². The Bertz CT molecular complexity index is 228. The summed E-state index contributed by atoms with van der Waals surface area (Å²) < 4.78 is 0.362. The molecule has 1 fully saturated rings. The largest absolute Gasteiger partial charge is 0.481 e. The van der Waals surface area contributed by atoms with Crippen molar-refractivity contribution in [3.63, 3.8) is 0 Å². The summed E-state index contributed by atoms with van der Waals surface area (Å²) in [4.78, 5) is 21.0. The van der Waals surface area contributed by atoms with Gasteiger partial charge in [0, 0.05) is 0 Å². The van der Waals surface area contributed by atoms with Gasteiger partial charge >= 0.3 is 5.97 Å². The second-order valence-corrected chi connectivity index (χ2v) is 3.86. The van der Waals surface area contributed by atoms with Gasteiger partial charge in [0.05, 0.1) is 6.42 Å². The van der Waals surface area contributed by atoms with Crippen molar-refractivity contribution in [2.75, 3.05) is 0 Å². The molecule has 0 aromatic carbocycles. The Morgan fingerprint density at radius 2 is 2.45 bits per heavy atom. The maximum Gasteiger partial charge on any atom is 0.305 e. The second kappa shape index (κ2) is 3.19. The van der Waals surface area contributed by atoms with Crippen LogP contribution >= 0.6 is 24.0 Å². The number of hydrogen-bond acceptors (Lipinski definition) is 4. The average molecular weight is 191 g/mol. The van der Waals surface area contributed by atoms with Gasteiger partial charge in [0.25, 0.3) is 0 Å². The van der Waals surface area contributed by atoms with Crippen molar-refractivity contribution < 1.29 is 14.7 Å². The third-order valence-electron chi connectivity index (χ3n) is 1.13. The van der Waals surface area contributed by atoms with Crippen molar-refractivity contribution in [3.8, 4) is 0 Å². The first-order valence-electron chi connectivity index (χ1n) is 2.83. The van der Waals surface area contributed by atoms with Crippen LogP contribution in [0.15, 0.2) is 0 Å². The summed E-state index contributed by atoms with van der Waals surface area (Å²) in [5.41, 5.74) is 0. The number of nitrogens with one attached hydrogen (secondary N) is 1. The normalized spacial score (nSPS) is 23.5. The van der Waals surface area contributed by atoms with Gasteiger partial charge in [0.2, 0.25) is 5.91 Å². The summed E-state index contributed by atoms with van der Waals surface area (Å²) in [6, 6.07) is 0. The van der Waals surface area contributed by atoms with E-state index in [-0.39, 0.29) is 12.3 Å². The third kappa shape index (κ3) is 2.16. The Labute approximate surface area is 72.3 Å². The number of rotatable bonds is 2. The number of thioether (sulfide) groups is 1. The third-order valence-corrected chi connectivity index (χ3v) is 2.50. The van der Waals surface area contributed by atoms with Crippen LogP contribution in [0.1, 0.15) is 6.42 Å². The highest BCUT2D eigenvalue weighted by molar-refractivity contribution is 8.24. The highest BCUT2D eigenvalue weighted by Gasteiger charge is 2.30. The van der Waals surface area contributed by atoms with Gasteiger partial charge in [-0.3, -0.25) is 9.59 Å². The molecule has 1 aliphatic heterocycles. The molecule has 1 atom stereocenters. The number of carbonyl (C=O) groups excluding carboxylic acids is 1. The van der Waals surface area contributed by atoms with E-state index in [9.17, 15) is 9.59 Å². The number of carbonyl (C=O) groups is 2. The Kier molecular flexibility index (Phi) is 2.45. The fraction of sp³-hybridized carbons (Fsp3) is 0.400. The molecule has 60 valence electrons.